The van der Waals surface area contributed by atoms with Gasteiger partial charge >= 0.3 is 0 Å². The molecule has 0 spiro atoms. The van der Waals surface area contributed by atoms with Crippen LogP contribution < -0.4 is 5.32 Å². The highest BCUT2D eigenvalue weighted by Crippen LogP contribution is 2.29. The highest BCUT2D eigenvalue weighted by molar-refractivity contribution is 7.08. The molecule has 2 bridgehead atoms. The maximum Gasteiger partial charge on any atom is 0.229 e. The molecule has 4 heterocycles. The van der Waals surface area contributed by atoms with Gasteiger partial charge < -0.3 is 14.6 Å². The number of aromatic nitrogens is 1. The summed E-state index contributed by atoms with van der Waals surface area (Å²) >= 11 is 1.62. The third-order valence-corrected chi connectivity index (χ3v) is 5.60. The number of hydrogen-bond donors (Lipinski definition) is 1. The number of hydrogen-bond acceptors (Lipinski definition) is 5. The largest absolute Gasteiger partial charge is 0.441 e. The van der Waals surface area contributed by atoms with Gasteiger partial charge in [-0.05, 0) is 44.2 Å². The lowest BCUT2D eigenvalue weighted by Gasteiger charge is -2.27. The molecule has 1 amide bonds. The molecule has 2 fully saturated rings. The highest BCUT2D eigenvalue weighted by atomic mass is 35.5. The molecule has 4 rings (SSSR count). The van der Waals surface area contributed by atoms with Crippen LogP contribution in [0.25, 0.3) is 11.5 Å². The summed E-state index contributed by atoms with van der Waals surface area (Å²) in [6.45, 7) is 3.82. The van der Waals surface area contributed by atoms with Gasteiger partial charge in [0.25, 0.3) is 0 Å². The summed E-state index contributed by atoms with van der Waals surface area (Å²) < 4.78 is 5.75. The second-order valence-electron chi connectivity index (χ2n) is 6.39. The topological polar surface area (TPSA) is 58.4 Å². The first-order valence-corrected chi connectivity index (χ1v) is 9.17. The van der Waals surface area contributed by atoms with Crippen LogP contribution in [0.15, 0.2) is 21.2 Å². The van der Waals surface area contributed by atoms with Crippen LogP contribution in [-0.2, 0) is 11.2 Å². The molecule has 2 aromatic heterocycles. The van der Waals surface area contributed by atoms with Gasteiger partial charge in [0.1, 0.15) is 5.76 Å². The Bertz CT molecular complexity index is 691. The van der Waals surface area contributed by atoms with Crippen molar-refractivity contribution in [3.63, 3.8) is 0 Å². The van der Waals surface area contributed by atoms with Crippen molar-refractivity contribution in [1.82, 2.24) is 15.2 Å². The van der Waals surface area contributed by atoms with Crippen LogP contribution in [0.4, 0.5) is 0 Å². The van der Waals surface area contributed by atoms with Crippen LogP contribution in [0.5, 0.6) is 0 Å². The molecule has 2 aliphatic heterocycles. The van der Waals surface area contributed by atoms with Crippen LogP contribution in [0, 0.1) is 6.92 Å². The van der Waals surface area contributed by atoms with Crippen molar-refractivity contribution in [3.05, 3.63) is 28.3 Å². The summed E-state index contributed by atoms with van der Waals surface area (Å²) in [5.74, 6) is 1.56. The van der Waals surface area contributed by atoms with E-state index in [1.807, 2.05) is 23.8 Å². The van der Waals surface area contributed by atoms with E-state index in [0.29, 0.717) is 24.4 Å². The molecular weight excluding hydrogens is 381 g/mol. The molecule has 5 nitrogen and oxygen atoms in total. The van der Waals surface area contributed by atoms with Gasteiger partial charge in [0.2, 0.25) is 11.8 Å². The summed E-state index contributed by atoms with van der Waals surface area (Å²) in [7, 11) is 0. The molecule has 0 saturated carbocycles. The van der Waals surface area contributed by atoms with Crippen molar-refractivity contribution in [3.8, 4) is 11.5 Å². The van der Waals surface area contributed by atoms with Crippen LogP contribution in [-0.4, -0.2) is 41.0 Å². The Morgan fingerprint density at radius 2 is 2.16 bits per heavy atom. The normalized spacial score (nSPS) is 22.0. The van der Waals surface area contributed by atoms with E-state index in [1.54, 1.807) is 11.3 Å². The monoisotopic (exact) mass is 403 g/mol. The van der Waals surface area contributed by atoms with Gasteiger partial charge in [0, 0.05) is 29.6 Å². The molecule has 0 aromatic carbocycles. The molecule has 8 heteroatoms. The number of fused-ring (bicyclic) bond motifs is 2. The van der Waals surface area contributed by atoms with Gasteiger partial charge in [0.15, 0.2) is 0 Å². The van der Waals surface area contributed by atoms with Gasteiger partial charge in [-0.15, -0.1) is 24.8 Å². The van der Waals surface area contributed by atoms with Crippen molar-refractivity contribution < 1.29 is 9.21 Å². The first-order valence-electron chi connectivity index (χ1n) is 8.23. The average Bonchev–Trinajstić information content (AvgIpc) is 3.19. The summed E-state index contributed by atoms with van der Waals surface area (Å²) in [6, 6.07) is 2.73. The second kappa shape index (κ2) is 8.54. The summed E-state index contributed by atoms with van der Waals surface area (Å²) in [4.78, 5) is 19.5. The molecule has 0 radical (unpaired) electrons. The molecule has 2 aromatic rings. The minimum Gasteiger partial charge on any atom is -0.441 e. The van der Waals surface area contributed by atoms with E-state index in [0.717, 1.165) is 49.4 Å². The lowest BCUT2D eigenvalue weighted by molar-refractivity contribution is -0.133. The van der Waals surface area contributed by atoms with Crippen LogP contribution in [0.2, 0.25) is 0 Å². The fraction of sp³-hybridized carbons (Fsp3) is 0.529. The zero-order valence-electron chi connectivity index (χ0n) is 14.1. The predicted octanol–water partition coefficient (Wildman–Crippen LogP) is 3.45. The number of nitrogens with zero attached hydrogens (tertiary/aromatic N) is 2. The quantitative estimate of drug-likeness (QED) is 0.852. The Morgan fingerprint density at radius 1 is 1.36 bits per heavy atom. The van der Waals surface area contributed by atoms with Crippen LogP contribution in [0.1, 0.15) is 30.7 Å². The van der Waals surface area contributed by atoms with E-state index < -0.39 is 0 Å². The first-order chi connectivity index (χ1) is 11.2. The first kappa shape index (κ1) is 20.2. The van der Waals surface area contributed by atoms with Gasteiger partial charge in [-0.1, -0.05) is 0 Å². The number of rotatable bonds is 3. The maximum absolute atomic E-state index is 12.8. The summed E-state index contributed by atoms with van der Waals surface area (Å²) in [5.41, 5.74) is 1.75. The van der Waals surface area contributed by atoms with Crippen molar-refractivity contribution in [2.75, 3.05) is 13.1 Å². The lowest BCUT2D eigenvalue weighted by atomic mass is 10.1. The minimum atomic E-state index is 0. The number of halogens is 2. The Morgan fingerprint density at radius 3 is 2.92 bits per heavy atom. The van der Waals surface area contributed by atoms with E-state index in [4.69, 9.17) is 4.42 Å². The zero-order valence-corrected chi connectivity index (χ0v) is 16.5. The lowest BCUT2D eigenvalue weighted by Crippen LogP contribution is -2.43. The fourth-order valence-corrected chi connectivity index (χ4v) is 4.36. The van der Waals surface area contributed by atoms with Crippen molar-refractivity contribution in [2.24, 2.45) is 0 Å². The molecule has 2 aliphatic rings. The molecule has 2 saturated heterocycles. The van der Waals surface area contributed by atoms with E-state index in [2.05, 4.69) is 15.2 Å². The van der Waals surface area contributed by atoms with Gasteiger partial charge in [-0.3, -0.25) is 4.79 Å². The Balaban J connectivity index is 0.00000113. The second-order valence-corrected chi connectivity index (χ2v) is 7.17. The standard InChI is InChI=1S/C17H21N3O2S.2ClH/c1-11-15(19-17(22-11)12-5-7-23-10-12)8-16(21)20-13-2-3-14(20)9-18-6-4-13;;/h5,7,10,13-14,18H,2-4,6,8-9H2,1H3;2*1H. The van der Waals surface area contributed by atoms with E-state index in [1.165, 1.54) is 0 Å². The third-order valence-electron chi connectivity index (χ3n) is 4.92. The summed E-state index contributed by atoms with van der Waals surface area (Å²) in [5, 5.41) is 7.45. The van der Waals surface area contributed by atoms with E-state index in [9.17, 15) is 4.79 Å². The SMILES string of the molecule is Cc1oc(-c2ccsc2)nc1CC(=O)N1C2CCNCC1CC2.Cl.Cl. The van der Waals surface area contributed by atoms with Crippen molar-refractivity contribution >= 4 is 42.1 Å². The Kier molecular flexibility index (Phi) is 6.91. The van der Waals surface area contributed by atoms with E-state index in [-0.39, 0.29) is 30.7 Å². The maximum atomic E-state index is 12.8. The molecular formula is C17H23Cl2N3O2S. The molecule has 0 aliphatic carbocycles. The Labute approximate surface area is 164 Å². The predicted molar refractivity (Wildman–Crippen MR) is 104 cm³/mol. The molecule has 138 valence electrons. The van der Waals surface area contributed by atoms with Gasteiger partial charge in [0.05, 0.1) is 12.1 Å². The summed E-state index contributed by atoms with van der Waals surface area (Å²) in [6.07, 6.45) is 3.64. The van der Waals surface area contributed by atoms with Crippen molar-refractivity contribution in [2.45, 2.75) is 44.7 Å². The molecule has 25 heavy (non-hydrogen) atoms. The third kappa shape index (κ3) is 4.03. The number of carbonyl (C=O) groups is 1. The number of aryl methyl sites for hydroxylation is 1. The van der Waals surface area contributed by atoms with Crippen molar-refractivity contribution in [1.29, 1.82) is 0 Å². The number of nitrogens with one attached hydrogen (secondary N) is 1. The zero-order chi connectivity index (χ0) is 15.8. The van der Waals surface area contributed by atoms with Gasteiger partial charge in [-0.25, -0.2) is 4.98 Å². The number of thiophene rings is 1. The highest BCUT2D eigenvalue weighted by Gasteiger charge is 2.38. The smallest absolute Gasteiger partial charge is 0.229 e. The van der Waals surface area contributed by atoms with E-state index >= 15 is 0 Å². The molecule has 2 unspecified atom stereocenters. The number of carbonyl (C=O) groups excluding carboxylic acids is 1. The Hall–Kier alpha value is -1.08. The molecule has 2 atom stereocenters. The number of oxazole rings is 1. The van der Waals surface area contributed by atoms with Crippen LogP contribution >= 0.6 is 36.2 Å². The molecule has 1 N–H and O–H groups in total. The minimum absolute atomic E-state index is 0. The van der Waals surface area contributed by atoms with Gasteiger partial charge in [-0.2, -0.15) is 11.3 Å². The fourth-order valence-electron chi connectivity index (χ4n) is 3.73. The number of amides is 1. The average molecular weight is 404 g/mol. The van der Waals surface area contributed by atoms with Crippen LogP contribution in [0.3, 0.4) is 0 Å².